The van der Waals surface area contributed by atoms with E-state index >= 15 is 0 Å². The van der Waals surface area contributed by atoms with Crippen molar-refractivity contribution in [3.05, 3.63) is 23.0 Å². The van der Waals surface area contributed by atoms with Gasteiger partial charge in [-0.3, -0.25) is 4.79 Å². The maximum atomic E-state index is 12.9. The molecular weight excluding hydrogens is 262 g/mol. The van der Waals surface area contributed by atoms with Gasteiger partial charge in [0.25, 0.3) is 5.91 Å². The Hall–Kier alpha value is -1.29. The van der Waals surface area contributed by atoms with Crippen LogP contribution in [0.4, 0.5) is 0 Å². The normalized spacial score (nSPS) is 19.3. The molecule has 1 saturated heterocycles. The largest absolute Gasteiger partial charge is 0.346 e. The van der Waals surface area contributed by atoms with Crippen LogP contribution in [0.3, 0.4) is 0 Å². The van der Waals surface area contributed by atoms with E-state index in [1.54, 1.807) is 0 Å². The van der Waals surface area contributed by atoms with Crippen LogP contribution in [0.1, 0.15) is 54.5 Å². The maximum Gasteiger partial charge on any atom is 0.255 e. The number of hydrogen-bond acceptors (Lipinski definition) is 2. The molecule has 1 aliphatic rings. The Morgan fingerprint density at radius 2 is 2.14 bits per heavy atom. The Kier molecular flexibility index (Phi) is 5.09. The third-order valence-corrected chi connectivity index (χ3v) is 4.53. The fraction of sp³-hybridized carbons (Fsp3) is 0.706. The molecule has 0 bridgehead atoms. The number of amides is 1. The van der Waals surface area contributed by atoms with Crippen molar-refractivity contribution in [1.29, 1.82) is 0 Å². The molecule has 0 radical (unpaired) electrons. The van der Waals surface area contributed by atoms with Crippen molar-refractivity contribution in [1.82, 2.24) is 14.8 Å². The molecule has 0 aliphatic carbocycles. The van der Waals surface area contributed by atoms with Gasteiger partial charge in [-0.15, -0.1) is 0 Å². The summed E-state index contributed by atoms with van der Waals surface area (Å²) in [6.07, 6.45) is 2.33. The minimum absolute atomic E-state index is 0.204. The van der Waals surface area contributed by atoms with Crippen molar-refractivity contribution in [2.45, 2.75) is 46.6 Å². The summed E-state index contributed by atoms with van der Waals surface area (Å²) in [5.41, 5.74) is 3.16. The van der Waals surface area contributed by atoms with Gasteiger partial charge in [0, 0.05) is 30.5 Å². The number of carbonyl (C=O) groups excluding carboxylic acids is 1. The molecule has 1 aliphatic heterocycles. The van der Waals surface area contributed by atoms with E-state index in [4.69, 9.17) is 0 Å². The number of rotatable bonds is 4. The summed E-state index contributed by atoms with van der Waals surface area (Å²) in [7, 11) is 1.98. The van der Waals surface area contributed by atoms with Crippen LogP contribution in [0.15, 0.2) is 6.07 Å². The first-order valence-corrected chi connectivity index (χ1v) is 8.08. The van der Waals surface area contributed by atoms with Gasteiger partial charge in [0.1, 0.15) is 0 Å². The van der Waals surface area contributed by atoms with Crippen molar-refractivity contribution in [2.24, 2.45) is 5.92 Å². The van der Waals surface area contributed by atoms with E-state index in [1.807, 2.05) is 11.9 Å². The maximum absolute atomic E-state index is 12.9. The van der Waals surface area contributed by atoms with Gasteiger partial charge in [0.05, 0.1) is 5.56 Å². The van der Waals surface area contributed by atoms with Gasteiger partial charge < -0.3 is 14.8 Å². The molecule has 1 aromatic rings. The molecule has 21 heavy (non-hydrogen) atoms. The Morgan fingerprint density at radius 1 is 1.43 bits per heavy atom. The molecule has 2 heterocycles. The van der Waals surface area contributed by atoms with Crippen LogP contribution in [0.25, 0.3) is 0 Å². The zero-order valence-corrected chi connectivity index (χ0v) is 14.1. The summed E-state index contributed by atoms with van der Waals surface area (Å²) in [5.74, 6) is 0.789. The van der Waals surface area contributed by atoms with E-state index in [9.17, 15) is 4.79 Å². The molecule has 118 valence electrons. The lowest BCUT2D eigenvalue weighted by atomic mass is 9.97. The van der Waals surface area contributed by atoms with Crippen molar-refractivity contribution < 1.29 is 4.79 Å². The third-order valence-electron chi connectivity index (χ3n) is 4.53. The van der Waals surface area contributed by atoms with Gasteiger partial charge in [0.15, 0.2) is 0 Å². The van der Waals surface area contributed by atoms with E-state index in [2.05, 4.69) is 43.6 Å². The van der Waals surface area contributed by atoms with Crippen LogP contribution in [0.2, 0.25) is 0 Å². The second kappa shape index (κ2) is 6.65. The van der Waals surface area contributed by atoms with Gasteiger partial charge in [0.2, 0.25) is 0 Å². The number of nitrogens with one attached hydrogen (secondary N) is 1. The Morgan fingerprint density at radius 3 is 2.71 bits per heavy atom. The summed E-state index contributed by atoms with van der Waals surface area (Å²) in [5, 5.41) is 3.23. The van der Waals surface area contributed by atoms with E-state index in [0.29, 0.717) is 12.0 Å². The smallest absolute Gasteiger partial charge is 0.255 e. The predicted octanol–water partition coefficient (Wildman–Crippen LogP) is 2.76. The van der Waals surface area contributed by atoms with Crippen LogP contribution >= 0.6 is 0 Å². The molecule has 0 spiro atoms. The summed E-state index contributed by atoms with van der Waals surface area (Å²) in [4.78, 5) is 14.9. The molecule has 1 N–H and O–H groups in total. The Bertz CT molecular complexity index is 502. The SMILES string of the molecule is CNCC1CCCN(C(=O)c2cc(C)n(C(C)C)c2C)C1. The third kappa shape index (κ3) is 3.31. The standard InChI is InChI=1S/C17H29N3O/c1-12(2)20-13(3)9-16(14(20)4)17(21)19-8-6-7-15(11-19)10-18-5/h9,12,15,18H,6-8,10-11H2,1-5H3. The number of hydrogen-bond donors (Lipinski definition) is 1. The summed E-state index contributed by atoms with van der Waals surface area (Å²) >= 11 is 0. The highest BCUT2D eigenvalue weighted by Gasteiger charge is 2.26. The second-order valence-electron chi connectivity index (χ2n) is 6.57. The average molecular weight is 291 g/mol. The Labute approximate surface area is 128 Å². The highest BCUT2D eigenvalue weighted by atomic mass is 16.2. The molecule has 0 saturated carbocycles. The fourth-order valence-corrected chi connectivity index (χ4v) is 3.66. The number of aromatic nitrogens is 1. The van der Waals surface area contributed by atoms with Crippen LogP contribution < -0.4 is 5.32 Å². The van der Waals surface area contributed by atoms with Crippen LogP contribution in [-0.2, 0) is 0 Å². The first kappa shape index (κ1) is 16.1. The predicted molar refractivity (Wildman–Crippen MR) is 86.8 cm³/mol. The van der Waals surface area contributed by atoms with E-state index in [1.165, 1.54) is 12.1 Å². The number of likely N-dealkylation sites (tertiary alicyclic amines) is 1. The summed E-state index contributed by atoms with van der Waals surface area (Å²) in [6.45, 7) is 11.2. The lowest BCUT2D eigenvalue weighted by Crippen LogP contribution is -2.42. The molecule has 1 amide bonds. The number of nitrogens with zero attached hydrogens (tertiary/aromatic N) is 2. The van der Waals surface area contributed by atoms with Crippen LogP contribution in [0.5, 0.6) is 0 Å². The minimum Gasteiger partial charge on any atom is -0.346 e. The van der Waals surface area contributed by atoms with E-state index in [-0.39, 0.29) is 5.91 Å². The quantitative estimate of drug-likeness (QED) is 0.926. The van der Waals surface area contributed by atoms with Crippen LogP contribution in [0, 0.1) is 19.8 Å². The molecule has 1 fully saturated rings. The molecule has 0 aromatic carbocycles. The van der Waals surface area contributed by atoms with Crippen molar-refractivity contribution in [2.75, 3.05) is 26.7 Å². The highest BCUT2D eigenvalue weighted by Crippen LogP contribution is 2.24. The molecule has 4 heteroatoms. The fourth-order valence-electron chi connectivity index (χ4n) is 3.66. The van der Waals surface area contributed by atoms with Crippen molar-refractivity contribution >= 4 is 5.91 Å². The zero-order chi connectivity index (χ0) is 15.6. The van der Waals surface area contributed by atoms with Gasteiger partial charge in [-0.05, 0) is 66.1 Å². The van der Waals surface area contributed by atoms with E-state index in [0.717, 1.165) is 37.3 Å². The monoisotopic (exact) mass is 291 g/mol. The number of piperidine rings is 1. The second-order valence-corrected chi connectivity index (χ2v) is 6.57. The number of carbonyl (C=O) groups is 1. The Balaban J connectivity index is 2.18. The molecule has 2 rings (SSSR count). The van der Waals surface area contributed by atoms with Crippen molar-refractivity contribution in [3.8, 4) is 0 Å². The van der Waals surface area contributed by atoms with Gasteiger partial charge >= 0.3 is 0 Å². The zero-order valence-electron chi connectivity index (χ0n) is 14.1. The molecule has 1 aromatic heterocycles. The topological polar surface area (TPSA) is 37.3 Å². The first-order chi connectivity index (χ1) is 9.95. The summed E-state index contributed by atoms with van der Waals surface area (Å²) in [6, 6.07) is 2.45. The lowest BCUT2D eigenvalue weighted by Gasteiger charge is -2.32. The molecule has 4 nitrogen and oxygen atoms in total. The summed E-state index contributed by atoms with van der Waals surface area (Å²) < 4.78 is 2.25. The molecule has 1 atom stereocenters. The lowest BCUT2D eigenvalue weighted by molar-refractivity contribution is 0.0673. The highest BCUT2D eigenvalue weighted by molar-refractivity contribution is 5.95. The number of aryl methyl sites for hydroxylation is 1. The van der Waals surface area contributed by atoms with E-state index < -0.39 is 0 Å². The molecular formula is C17H29N3O. The van der Waals surface area contributed by atoms with Gasteiger partial charge in [-0.1, -0.05) is 0 Å². The van der Waals surface area contributed by atoms with Gasteiger partial charge in [-0.2, -0.15) is 0 Å². The minimum atomic E-state index is 0.204. The first-order valence-electron chi connectivity index (χ1n) is 8.08. The van der Waals surface area contributed by atoms with Gasteiger partial charge in [-0.25, -0.2) is 0 Å². The van der Waals surface area contributed by atoms with Crippen molar-refractivity contribution in [3.63, 3.8) is 0 Å². The average Bonchev–Trinajstić information content (AvgIpc) is 2.74. The molecule has 1 unspecified atom stereocenters. The van der Waals surface area contributed by atoms with Crippen LogP contribution in [-0.4, -0.2) is 42.1 Å².